The molecule has 0 saturated carbocycles. The van der Waals surface area contributed by atoms with E-state index in [9.17, 15) is 8.42 Å². The number of hydrogen-bond donors (Lipinski definition) is 1. The molecule has 2 N–H and O–H groups in total. The number of benzene rings is 2. The highest BCUT2D eigenvalue weighted by atomic mass is 32.2. The number of thiocarbonyl (C=S) groups is 1. The molecule has 0 aliphatic heterocycles. The molecule has 0 unspecified atom stereocenters. The summed E-state index contributed by atoms with van der Waals surface area (Å²) in [6, 6.07) is 12.5. The lowest BCUT2D eigenvalue weighted by Gasteiger charge is -2.17. The Hall–Kier alpha value is -1.50. The Morgan fingerprint density at radius 1 is 1.21 bits per heavy atom. The molecule has 100 valence electrons. The van der Waals surface area contributed by atoms with Crippen molar-refractivity contribution in [3.05, 3.63) is 42.5 Å². The standard InChI is InChI=1S/C13H14N2O2S2/c1-15(9-13(14)18)19(16,17)12-8-4-6-10-5-2-3-7-11(10)12/h2-8H,9H2,1H3,(H2,14,18). The number of nitrogens with zero attached hydrogens (tertiary/aromatic N) is 1. The maximum absolute atomic E-state index is 12.5. The van der Waals surface area contributed by atoms with Crippen molar-refractivity contribution in [2.24, 2.45) is 5.73 Å². The highest BCUT2D eigenvalue weighted by Gasteiger charge is 2.23. The van der Waals surface area contributed by atoms with Gasteiger partial charge in [0.15, 0.2) is 0 Å². The Morgan fingerprint density at radius 3 is 2.53 bits per heavy atom. The van der Waals surface area contributed by atoms with Crippen LogP contribution in [0, 0.1) is 0 Å². The molecule has 0 atom stereocenters. The monoisotopic (exact) mass is 294 g/mol. The Balaban J connectivity index is 2.58. The van der Waals surface area contributed by atoms with Crippen molar-refractivity contribution in [3.8, 4) is 0 Å². The summed E-state index contributed by atoms with van der Waals surface area (Å²) >= 11 is 4.76. The van der Waals surface area contributed by atoms with E-state index in [1.807, 2.05) is 24.3 Å². The molecule has 0 spiro atoms. The first-order valence-corrected chi connectivity index (χ1v) is 7.50. The van der Waals surface area contributed by atoms with Gasteiger partial charge in [0.1, 0.15) is 0 Å². The molecule has 0 amide bonds. The topological polar surface area (TPSA) is 63.4 Å². The van der Waals surface area contributed by atoms with Crippen LogP contribution in [0.5, 0.6) is 0 Å². The third-order valence-electron chi connectivity index (χ3n) is 2.82. The second-order valence-electron chi connectivity index (χ2n) is 4.20. The molecule has 2 rings (SSSR count). The predicted molar refractivity (Wildman–Crippen MR) is 80.5 cm³/mol. The van der Waals surface area contributed by atoms with Gasteiger partial charge in [-0.05, 0) is 11.5 Å². The molecule has 0 aromatic heterocycles. The highest BCUT2D eigenvalue weighted by Crippen LogP contribution is 2.24. The lowest BCUT2D eigenvalue weighted by atomic mass is 10.1. The lowest BCUT2D eigenvalue weighted by molar-refractivity contribution is 0.507. The van der Waals surface area contributed by atoms with Gasteiger partial charge < -0.3 is 5.73 Å². The number of sulfonamides is 1. The summed E-state index contributed by atoms with van der Waals surface area (Å²) in [6.45, 7) is 0.0287. The van der Waals surface area contributed by atoms with Crippen LogP contribution in [0.3, 0.4) is 0 Å². The van der Waals surface area contributed by atoms with Gasteiger partial charge in [-0.25, -0.2) is 8.42 Å². The van der Waals surface area contributed by atoms with E-state index in [2.05, 4.69) is 0 Å². The molecule has 4 nitrogen and oxygen atoms in total. The quantitative estimate of drug-likeness (QED) is 0.873. The summed E-state index contributed by atoms with van der Waals surface area (Å²) in [5.74, 6) is 0. The third kappa shape index (κ3) is 2.75. The minimum absolute atomic E-state index is 0.0287. The Bertz CT molecular complexity index is 721. The molecule has 0 fully saturated rings. The van der Waals surface area contributed by atoms with Crippen LogP contribution < -0.4 is 5.73 Å². The van der Waals surface area contributed by atoms with E-state index >= 15 is 0 Å². The fourth-order valence-corrected chi connectivity index (χ4v) is 3.53. The first kappa shape index (κ1) is 13.9. The zero-order chi connectivity index (χ0) is 14.0. The van der Waals surface area contributed by atoms with E-state index in [0.29, 0.717) is 5.39 Å². The van der Waals surface area contributed by atoms with Crippen molar-refractivity contribution in [2.75, 3.05) is 13.6 Å². The van der Waals surface area contributed by atoms with Crippen molar-refractivity contribution in [1.82, 2.24) is 4.31 Å². The minimum atomic E-state index is -3.59. The van der Waals surface area contributed by atoms with Crippen LogP contribution in [-0.4, -0.2) is 31.3 Å². The van der Waals surface area contributed by atoms with Gasteiger partial charge >= 0.3 is 0 Å². The molecule has 0 radical (unpaired) electrons. The molecule has 0 bridgehead atoms. The molecule has 2 aromatic carbocycles. The van der Waals surface area contributed by atoms with Gasteiger partial charge in [0, 0.05) is 12.4 Å². The zero-order valence-electron chi connectivity index (χ0n) is 10.4. The fourth-order valence-electron chi connectivity index (χ4n) is 1.89. The van der Waals surface area contributed by atoms with Crippen molar-refractivity contribution in [2.45, 2.75) is 4.90 Å². The second kappa shape index (κ2) is 5.24. The average Bonchev–Trinajstić information content (AvgIpc) is 2.37. The summed E-state index contributed by atoms with van der Waals surface area (Å²) in [5.41, 5.74) is 5.41. The van der Waals surface area contributed by atoms with Gasteiger partial charge in [0.2, 0.25) is 10.0 Å². The molecular formula is C13H14N2O2S2. The van der Waals surface area contributed by atoms with Crippen molar-refractivity contribution in [1.29, 1.82) is 0 Å². The average molecular weight is 294 g/mol. The Kier molecular flexibility index (Phi) is 3.84. The zero-order valence-corrected chi connectivity index (χ0v) is 12.0. The lowest BCUT2D eigenvalue weighted by Crippen LogP contribution is -2.34. The van der Waals surface area contributed by atoms with Crippen LogP contribution in [0.2, 0.25) is 0 Å². The highest BCUT2D eigenvalue weighted by molar-refractivity contribution is 7.89. The van der Waals surface area contributed by atoms with E-state index in [1.165, 1.54) is 7.05 Å². The van der Waals surface area contributed by atoms with Gasteiger partial charge in [0.05, 0.1) is 16.4 Å². The first-order valence-electron chi connectivity index (χ1n) is 5.65. The smallest absolute Gasteiger partial charge is 0.243 e. The number of rotatable bonds is 4. The van der Waals surface area contributed by atoms with Crippen molar-refractivity contribution >= 4 is 38.0 Å². The molecule has 0 aliphatic rings. The van der Waals surface area contributed by atoms with Crippen LogP contribution in [0.1, 0.15) is 0 Å². The Labute approximate surface area is 117 Å². The minimum Gasteiger partial charge on any atom is -0.392 e. The molecule has 6 heteroatoms. The van der Waals surface area contributed by atoms with Crippen LogP contribution >= 0.6 is 12.2 Å². The normalized spacial score (nSPS) is 11.9. The maximum atomic E-state index is 12.5. The second-order valence-corrected chi connectivity index (χ2v) is 6.74. The molecular weight excluding hydrogens is 280 g/mol. The van der Waals surface area contributed by atoms with E-state index < -0.39 is 10.0 Å². The van der Waals surface area contributed by atoms with E-state index in [0.717, 1.165) is 9.69 Å². The van der Waals surface area contributed by atoms with Gasteiger partial charge in [-0.15, -0.1) is 0 Å². The predicted octanol–water partition coefficient (Wildman–Crippen LogP) is 1.75. The number of likely N-dealkylation sites (N-methyl/N-ethyl adjacent to an activating group) is 1. The summed E-state index contributed by atoms with van der Waals surface area (Å²) in [7, 11) is -2.13. The third-order valence-corrected chi connectivity index (χ3v) is 4.81. The van der Waals surface area contributed by atoms with Gasteiger partial charge in [0.25, 0.3) is 0 Å². The maximum Gasteiger partial charge on any atom is 0.243 e. The van der Waals surface area contributed by atoms with Crippen molar-refractivity contribution < 1.29 is 8.42 Å². The first-order chi connectivity index (χ1) is 8.93. The summed E-state index contributed by atoms with van der Waals surface area (Å²) < 4.78 is 26.1. The molecule has 2 aromatic rings. The number of fused-ring (bicyclic) bond motifs is 1. The SMILES string of the molecule is CN(CC(N)=S)S(=O)(=O)c1cccc2ccccc12. The number of hydrogen-bond acceptors (Lipinski definition) is 3. The molecule has 0 saturated heterocycles. The molecule has 0 heterocycles. The summed E-state index contributed by atoms with van der Waals surface area (Å²) in [6.07, 6.45) is 0. The van der Waals surface area contributed by atoms with E-state index in [1.54, 1.807) is 18.2 Å². The van der Waals surface area contributed by atoms with Crippen LogP contribution in [0.15, 0.2) is 47.4 Å². The van der Waals surface area contributed by atoms with Crippen LogP contribution in [0.4, 0.5) is 0 Å². The summed E-state index contributed by atoms with van der Waals surface area (Å²) in [5, 5.41) is 1.58. The molecule has 0 aliphatic carbocycles. The molecule has 19 heavy (non-hydrogen) atoms. The van der Waals surface area contributed by atoms with Crippen molar-refractivity contribution in [3.63, 3.8) is 0 Å². The van der Waals surface area contributed by atoms with Gasteiger partial charge in [-0.3, -0.25) is 0 Å². The van der Waals surface area contributed by atoms with Crippen LogP contribution in [-0.2, 0) is 10.0 Å². The Morgan fingerprint density at radius 2 is 1.84 bits per heavy atom. The largest absolute Gasteiger partial charge is 0.392 e. The summed E-state index contributed by atoms with van der Waals surface area (Å²) in [4.78, 5) is 0.413. The number of nitrogens with two attached hydrogens (primary N) is 1. The van der Waals surface area contributed by atoms with Gasteiger partial charge in [-0.1, -0.05) is 48.6 Å². The van der Waals surface area contributed by atoms with E-state index in [4.69, 9.17) is 18.0 Å². The fraction of sp³-hybridized carbons (Fsp3) is 0.154. The van der Waals surface area contributed by atoms with E-state index in [-0.39, 0.29) is 16.4 Å². The van der Waals surface area contributed by atoms with Gasteiger partial charge in [-0.2, -0.15) is 4.31 Å². The van der Waals surface area contributed by atoms with Crippen LogP contribution in [0.25, 0.3) is 10.8 Å².